The largest absolute Gasteiger partial charge is 0.379 e. The third kappa shape index (κ3) is 2.59. The van der Waals surface area contributed by atoms with Gasteiger partial charge in [0.25, 0.3) is 0 Å². The van der Waals surface area contributed by atoms with E-state index in [1.165, 1.54) is 5.56 Å². The molecule has 104 valence electrons. The summed E-state index contributed by atoms with van der Waals surface area (Å²) >= 11 is 0. The topological polar surface area (TPSA) is 39.5 Å². The van der Waals surface area contributed by atoms with E-state index in [0.29, 0.717) is 18.6 Å². The highest BCUT2D eigenvalue weighted by Gasteiger charge is 2.45. The smallest absolute Gasteiger partial charge is 0.0772 e. The number of likely N-dealkylation sites (tertiary alicyclic amines) is 1. The number of rotatable bonds is 5. The first-order chi connectivity index (χ1) is 9.28. The molecule has 0 unspecified atom stereocenters. The predicted molar refractivity (Wildman–Crippen MR) is 71.7 cm³/mol. The highest BCUT2D eigenvalue weighted by Crippen LogP contribution is 2.33. The van der Waals surface area contributed by atoms with Gasteiger partial charge in [-0.1, -0.05) is 6.08 Å². The number of aromatic nitrogens is 2. The van der Waals surface area contributed by atoms with Crippen LogP contribution in [0.1, 0.15) is 5.56 Å². The molecule has 0 radical (unpaired) electrons. The van der Waals surface area contributed by atoms with Gasteiger partial charge in [-0.05, 0) is 0 Å². The van der Waals surface area contributed by atoms with E-state index in [-0.39, 0.29) is 6.10 Å². The van der Waals surface area contributed by atoms with E-state index >= 15 is 0 Å². The van der Waals surface area contributed by atoms with E-state index in [2.05, 4.69) is 22.8 Å². The molecule has 0 aliphatic carbocycles. The third-order valence-electron chi connectivity index (χ3n) is 4.03. The second-order valence-electron chi connectivity index (χ2n) is 5.38. The monoisotopic (exact) mass is 263 g/mol. The Kier molecular flexibility index (Phi) is 3.68. The summed E-state index contributed by atoms with van der Waals surface area (Å²) < 4.78 is 13.4. The molecule has 19 heavy (non-hydrogen) atoms. The zero-order valence-electron chi connectivity index (χ0n) is 11.4. The van der Waals surface area contributed by atoms with Crippen LogP contribution in [0.5, 0.6) is 0 Å². The zero-order valence-corrected chi connectivity index (χ0v) is 11.4. The summed E-state index contributed by atoms with van der Waals surface area (Å²) in [6, 6.07) is 0.482. The van der Waals surface area contributed by atoms with Crippen molar-refractivity contribution >= 4 is 0 Å². The minimum atomic E-state index is 0.266. The van der Waals surface area contributed by atoms with Crippen molar-refractivity contribution in [3.8, 4) is 0 Å². The van der Waals surface area contributed by atoms with E-state index in [0.717, 1.165) is 26.3 Å². The van der Waals surface area contributed by atoms with Crippen LogP contribution in [0.25, 0.3) is 0 Å². The molecular weight excluding hydrogens is 242 g/mol. The van der Waals surface area contributed by atoms with Gasteiger partial charge in [-0.3, -0.25) is 9.58 Å². The molecule has 0 saturated carbocycles. The Morgan fingerprint density at radius 3 is 3.21 bits per heavy atom. The van der Waals surface area contributed by atoms with Gasteiger partial charge in [0.15, 0.2) is 0 Å². The van der Waals surface area contributed by atoms with Gasteiger partial charge in [-0.2, -0.15) is 5.10 Å². The Balaban J connectivity index is 1.66. The molecule has 1 aromatic heterocycles. The molecule has 5 nitrogen and oxygen atoms in total. The lowest BCUT2D eigenvalue weighted by molar-refractivity contribution is 0.0342. The van der Waals surface area contributed by atoms with Crippen LogP contribution < -0.4 is 0 Å². The van der Waals surface area contributed by atoms with E-state index in [1.54, 1.807) is 0 Å². The minimum absolute atomic E-state index is 0.266. The lowest BCUT2D eigenvalue weighted by Gasteiger charge is -2.21. The van der Waals surface area contributed by atoms with Crippen molar-refractivity contribution in [1.82, 2.24) is 14.7 Å². The van der Waals surface area contributed by atoms with Gasteiger partial charge in [-0.15, -0.1) is 6.58 Å². The highest BCUT2D eigenvalue weighted by atomic mass is 16.5. The zero-order chi connectivity index (χ0) is 13.2. The van der Waals surface area contributed by atoms with Gasteiger partial charge in [0.1, 0.15) is 0 Å². The normalized spacial score (nSPS) is 30.7. The molecule has 2 aliphatic rings. The molecule has 2 aliphatic heterocycles. The maximum absolute atomic E-state index is 5.88. The molecule has 3 heterocycles. The predicted octanol–water partition coefficient (Wildman–Crippen LogP) is 0.822. The Hall–Kier alpha value is -1.17. The maximum atomic E-state index is 5.88. The van der Waals surface area contributed by atoms with E-state index in [1.807, 2.05) is 24.0 Å². The molecule has 0 spiro atoms. The third-order valence-corrected chi connectivity index (χ3v) is 4.03. The Morgan fingerprint density at radius 2 is 2.47 bits per heavy atom. The van der Waals surface area contributed by atoms with Gasteiger partial charge in [0.05, 0.1) is 32.1 Å². The molecule has 0 amide bonds. The number of hydrogen-bond donors (Lipinski definition) is 0. The Labute approximate surface area is 113 Å². The van der Waals surface area contributed by atoms with Crippen LogP contribution in [0.2, 0.25) is 0 Å². The van der Waals surface area contributed by atoms with E-state index < -0.39 is 0 Å². The summed E-state index contributed by atoms with van der Waals surface area (Å²) in [4.78, 5) is 2.46. The van der Waals surface area contributed by atoms with Crippen molar-refractivity contribution in [3.63, 3.8) is 0 Å². The molecule has 0 aromatic carbocycles. The summed E-state index contributed by atoms with van der Waals surface area (Å²) in [6.45, 7) is 7.87. The van der Waals surface area contributed by atoms with Crippen LogP contribution >= 0.6 is 0 Å². The summed E-state index contributed by atoms with van der Waals surface area (Å²) in [5.74, 6) is 0.497. The number of ether oxygens (including phenoxy) is 2. The Morgan fingerprint density at radius 1 is 1.58 bits per heavy atom. The lowest BCUT2D eigenvalue weighted by atomic mass is 10.0. The van der Waals surface area contributed by atoms with Crippen LogP contribution in [-0.2, 0) is 23.1 Å². The Bertz CT molecular complexity index is 446. The van der Waals surface area contributed by atoms with Gasteiger partial charge in [0, 0.05) is 43.9 Å². The van der Waals surface area contributed by atoms with Crippen LogP contribution in [0.3, 0.4) is 0 Å². The number of fused-ring (bicyclic) bond motifs is 1. The lowest BCUT2D eigenvalue weighted by Crippen LogP contribution is -2.32. The second-order valence-corrected chi connectivity index (χ2v) is 5.38. The molecule has 0 bridgehead atoms. The fourth-order valence-corrected chi connectivity index (χ4v) is 3.13. The van der Waals surface area contributed by atoms with E-state index in [4.69, 9.17) is 9.47 Å². The summed E-state index contributed by atoms with van der Waals surface area (Å²) in [7, 11) is 1.95. The van der Waals surface area contributed by atoms with Crippen molar-refractivity contribution in [2.24, 2.45) is 13.0 Å². The van der Waals surface area contributed by atoms with Crippen molar-refractivity contribution in [1.29, 1.82) is 0 Å². The van der Waals surface area contributed by atoms with Gasteiger partial charge >= 0.3 is 0 Å². The highest BCUT2D eigenvalue weighted by molar-refractivity contribution is 5.07. The summed E-state index contributed by atoms with van der Waals surface area (Å²) in [6.07, 6.45) is 6.09. The van der Waals surface area contributed by atoms with Crippen molar-refractivity contribution < 1.29 is 9.47 Å². The molecule has 0 N–H and O–H groups in total. The average Bonchev–Trinajstić information content (AvgIpc) is 3.06. The van der Waals surface area contributed by atoms with Crippen LogP contribution in [-0.4, -0.2) is 53.2 Å². The van der Waals surface area contributed by atoms with Gasteiger partial charge < -0.3 is 9.47 Å². The van der Waals surface area contributed by atoms with Crippen molar-refractivity contribution in [2.75, 3.05) is 26.4 Å². The van der Waals surface area contributed by atoms with Crippen LogP contribution in [0.4, 0.5) is 0 Å². The molecule has 1 aromatic rings. The van der Waals surface area contributed by atoms with Crippen LogP contribution in [0, 0.1) is 5.92 Å². The fourth-order valence-electron chi connectivity index (χ4n) is 3.13. The molecule has 3 atom stereocenters. The SMILES string of the molecule is C=CCO[C@H]1CN(Cc2cnn(C)c2)[C@@H]2COC[C@H]12. The first-order valence-corrected chi connectivity index (χ1v) is 6.79. The van der Waals surface area contributed by atoms with Gasteiger partial charge in [-0.25, -0.2) is 0 Å². The van der Waals surface area contributed by atoms with Crippen LogP contribution in [0.15, 0.2) is 25.0 Å². The molecule has 5 heteroatoms. The first kappa shape index (κ1) is 12.8. The van der Waals surface area contributed by atoms with Gasteiger partial charge in [0.2, 0.25) is 0 Å². The average molecular weight is 263 g/mol. The standard InChI is InChI=1S/C14H21N3O2/c1-3-4-19-14-8-17(13-10-18-9-12(13)14)7-11-5-15-16(2)6-11/h3,5-6,12-14H,1,4,7-10H2,2H3/t12-,13+,14-/m0/s1. The molecular formula is C14H21N3O2. The summed E-state index contributed by atoms with van der Waals surface area (Å²) in [5, 5.41) is 4.23. The molecule has 2 saturated heterocycles. The number of nitrogens with zero attached hydrogens (tertiary/aromatic N) is 3. The quantitative estimate of drug-likeness (QED) is 0.737. The number of aryl methyl sites for hydroxylation is 1. The minimum Gasteiger partial charge on any atom is -0.379 e. The maximum Gasteiger partial charge on any atom is 0.0772 e. The fraction of sp³-hybridized carbons (Fsp3) is 0.643. The first-order valence-electron chi connectivity index (χ1n) is 6.79. The van der Waals surface area contributed by atoms with Crippen molar-refractivity contribution in [2.45, 2.75) is 18.7 Å². The number of hydrogen-bond acceptors (Lipinski definition) is 4. The van der Waals surface area contributed by atoms with Crippen molar-refractivity contribution in [3.05, 3.63) is 30.6 Å². The molecule has 2 fully saturated rings. The van der Waals surface area contributed by atoms with E-state index in [9.17, 15) is 0 Å². The summed E-state index contributed by atoms with van der Waals surface area (Å²) in [5.41, 5.74) is 1.25. The molecule has 3 rings (SSSR count). The second kappa shape index (κ2) is 5.45.